The number of carbonyl (C=O) groups is 1. The van der Waals surface area contributed by atoms with Gasteiger partial charge in [-0.3, -0.25) is 0 Å². The van der Waals surface area contributed by atoms with Crippen LogP contribution in [0.3, 0.4) is 0 Å². The average Bonchev–Trinajstić information content (AvgIpc) is 3.18. The van der Waals surface area contributed by atoms with Crippen LogP contribution in [-0.2, 0) is 14.8 Å². The highest BCUT2D eigenvalue weighted by Crippen LogP contribution is 2.31. The van der Waals surface area contributed by atoms with Gasteiger partial charge in [-0.2, -0.15) is 4.31 Å². The van der Waals surface area contributed by atoms with E-state index in [9.17, 15) is 13.2 Å². The molecular formula is C17H20N2O4S3. The first-order chi connectivity index (χ1) is 12.5. The van der Waals surface area contributed by atoms with Crippen LogP contribution in [0.5, 0.6) is 0 Å². The second-order valence-corrected chi connectivity index (χ2v) is 9.79. The Morgan fingerprint density at radius 3 is 2.77 bits per heavy atom. The fourth-order valence-electron chi connectivity index (χ4n) is 2.83. The number of pyridine rings is 1. The summed E-state index contributed by atoms with van der Waals surface area (Å²) < 4.78 is 31.9. The number of piperidine rings is 1. The van der Waals surface area contributed by atoms with E-state index in [0.717, 1.165) is 35.0 Å². The highest BCUT2D eigenvalue weighted by molar-refractivity contribution is 7.99. The molecule has 26 heavy (non-hydrogen) atoms. The summed E-state index contributed by atoms with van der Waals surface area (Å²) >= 11 is 2.79. The molecule has 1 aliphatic rings. The number of aromatic nitrogens is 1. The van der Waals surface area contributed by atoms with Crippen LogP contribution < -0.4 is 0 Å². The zero-order valence-electron chi connectivity index (χ0n) is 14.3. The van der Waals surface area contributed by atoms with Gasteiger partial charge >= 0.3 is 5.97 Å². The number of sulfonamides is 1. The number of nitrogens with zero attached hydrogens (tertiary/aromatic N) is 2. The molecule has 1 saturated heterocycles. The molecule has 2 aromatic rings. The molecule has 0 aromatic carbocycles. The van der Waals surface area contributed by atoms with E-state index in [2.05, 4.69) is 9.72 Å². The van der Waals surface area contributed by atoms with Crippen molar-refractivity contribution in [1.29, 1.82) is 0 Å². The molecule has 0 unspecified atom stereocenters. The van der Waals surface area contributed by atoms with Crippen LogP contribution in [0.4, 0.5) is 0 Å². The number of carbonyl (C=O) groups excluding carboxylic acids is 1. The van der Waals surface area contributed by atoms with Gasteiger partial charge in [0.1, 0.15) is 9.77 Å². The number of rotatable bonds is 6. The third-order valence-electron chi connectivity index (χ3n) is 4.30. The van der Waals surface area contributed by atoms with Gasteiger partial charge in [0.15, 0.2) is 0 Å². The van der Waals surface area contributed by atoms with Crippen LogP contribution in [0.25, 0.3) is 0 Å². The van der Waals surface area contributed by atoms with Crippen molar-refractivity contribution >= 4 is 39.1 Å². The zero-order valence-corrected chi connectivity index (χ0v) is 16.8. The monoisotopic (exact) mass is 412 g/mol. The number of hydrogen-bond donors (Lipinski definition) is 0. The van der Waals surface area contributed by atoms with Crippen LogP contribution in [0, 0.1) is 5.92 Å². The molecule has 0 radical (unpaired) electrons. The van der Waals surface area contributed by atoms with Gasteiger partial charge in [-0.15, -0.1) is 23.1 Å². The van der Waals surface area contributed by atoms with E-state index >= 15 is 0 Å². The largest absolute Gasteiger partial charge is 0.465 e. The zero-order chi connectivity index (χ0) is 18.6. The molecule has 0 amide bonds. The third kappa shape index (κ3) is 4.28. The Morgan fingerprint density at radius 2 is 2.12 bits per heavy atom. The molecule has 9 heteroatoms. The van der Waals surface area contributed by atoms with E-state index < -0.39 is 16.0 Å². The molecule has 0 aliphatic carbocycles. The van der Waals surface area contributed by atoms with E-state index in [1.807, 2.05) is 18.2 Å². The first-order valence-corrected chi connectivity index (χ1v) is 11.5. The summed E-state index contributed by atoms with van der Waals surface area (Å²) in [6.07, 6.45) is 3.38. The maximum atomic E-state index is 12.9. The van der Waals surface area contributed by atoms with Crippen molar-refractivity contribution in [2.24, 2.45) is 5.92 Å². The summed E-state index contributed by atoms with van der Waals surface area (Å²) in [6.45, 7) is 0.929. The van der Waals surface area contributed by atoms with Crippen LogP contribution in [0.15, 0.2) is 45.8 Å². The molecule has 2 aromatic heterocycles. The minimum atomic E-state index is -3.67. The summed E-state index contributed by atoms with van der Waals surface area (Å²) in [5.41, 5.74) is 0. The highest BCUT2D eigenvalue weighted by atomic mass is 32.2. The quantitative estimate of drug-likeness (QED) is 0.536. The number of thiophene rings is 1. The average molecular weight is 413 g/mol. The van der Waals surface area contributed by atoms with E-state index in [-0.39, 0.29) is 9.77 Å². The molecule has 0 spiro atoms. The lowest BCUT2D eigenvalue weighted by molar-refractivity contribution is 0.0602. The lowest BCUT2D eigenvalue weighted by Crippen LogP contribution is -2.39. The van der Waals surface area contributed by atoms with Crippen molar-refractivity contribution in [3.05, 3.63) is 40.7 Å². The van der Waals surface area contributed by atoms with E-state index in [4.69, 9.17) is 0 Å². The summed E-state index contributed by atoms with van der Waals surface area (Å²) in [6, 6.07) is 7.31. The molecule has 1 fully saturated rings. The van der Waals surface area contributed by atoms with Crippen molar-refractivity contribution in [3.63, 3.8) is 0 Å². The molecule has 3 rings (SSSR count). The third-order valence-corrected chi connectivity index (χ3v) is 8.44. The summed E-state index contributed by atoms with van der Waals surface area (Å²) in [5.74, 6) is 0.771. The summed E-state index contributed by atoms with van der Waals surface area (Å²) in [4.78, 5) is 16.3. The second kappa shape index (κ2) is 8.51. The topological polar surface area (TPSA) is 76.6 Å². The number of ether oxygens (including phenoxy) is 1. The number of hydrogen-bond acceptors (Lipinski definition) is 7. The number of thioether (sulfide) groups is 1. The lowest BCUT2D eigenvalue weighted by atomic mass is 10.0. The van der Waals surface area contributed by atoms with Crippen molar-refractivity contribution in [3.8, 4) is 0 Å². The Balaban J connectivity index is 1.60. The lowest BCUT2D eigenvalue weighted by Gasteiger charge is -2.31. The fraction of sp³-hybridized carbons (Fsp3) is 0.412. The van der Waals surface area contributed by atoms with Gasteiger partial charge in [-0.05, 0) is 42.3 Å². The normalized spacial score (nSPS) is 16.5. The molecule has 6 nitrogen and oxygen atoms in total. The van der Waals surface area contributed by atoms with Gasteiger partial charge in [-0.1, -0.05) is 6.07 Å². The standard InChI is InChI=1S/C17H20N2O4S3/c1-23-17(20)16-14(7-11-24-16)26(21,22)19-9-5-13(6-10-19)12-25-15-4-2-3-8-18-15/h2-4,7-8,11,13H,5-6,9-10,12H2,1H3. The van der Waals surface area contributed by atoms with Gasteiger partial charge in [-0.25, -0.2) is 18.2 Å². The Bertz CT molecular complexity index is 844. The van der Waals surface area contributed by atoms with Crippen molar-refractivity contribution < 1.29 is 17.9 Å². The van der Waals surface area contributed by atoms with Gasteiger partial charge in [0.05, 0.1) is 12.1 Å². The van der Waals surface area contributed by atoms with Crippen LogP contribution in [0.2, 0.25) is 0 Å². The highest BCUT2D eigenvalue weighted by Gasteiger charge is 2.33. The van der Waals surface area contributed by atoms with Gasteiger partial charge < -0.3 is 4.74 Å². The van der Waals surface area contributed by atoms with E-state index in [1.165, 1.54) is 17.5 Å². The maximum Gasteiger partial charge on any atom is 0.349 e. The molecule has 0 saturated carbocycles. The van der Waals surface area contributed by atoms with Crippen LogP contribution in [0.1, 0.15) is 22.5 Å². The SMILES string of the molecule is COC(=O)c1sccc1S(=O)(=O)N1CCC(CSc2ccccn2)CC1. The smallest absolute Gasteiger partial charge is 0.349 e. The Hall–Kier alpha value is -1.42. The van der Waals surface area contributed by atoms with Crippen LogP contribution >= 0.6 is 23.1 Å². The fourth-order valence-corrected chi connectivity index (χ4v) is 6.66. The molecule has 140 valence electrons. The summed E-state index contributed by atoms with van der Waals surface area (Å²) in [5, 5.41) is 2.60. The second-order valence-electron chi connectivity index (χ2n) is 5.93. The predicted octanol–water partition coefficient (Wildman–Crippen LogP) is 3.12. The molecule has 0 bridgehead atoms. The Kier molecular flexibility index (Phi) is 6.33. The van der Waals surface area contributed by atoms with E-state index in [1.54, 1.807) is 23.3 Å². The Morgan fingerprint density at radius 1 is 1.35 bits per heavy atom. The molecule has 3 heterocycles. The molecule has 1 aliphatic heterocycles. The van der Waals surface area contributed by atoms with Gasteiger partial charge in [0.2, 0.25) is 10.0 Å². The van der Waals surface area contributed by atoms with Crippen molar-refractivity contribution in [1.82, 2.24) is 9.29 Å². The molecule has 0 N–H and O–H groups in total. The first-order valence-electron chi connectivity index (χ1n) is 8.22. The number of esters is 1. The number of methoxy groups -OCH3 is 1. The maximum absolute atomic E-state index is 12.9. The minimum Gasteiger partial charge on any atom is -0.465 e. The molecule has 0 atom stereocenters. The predicted molar refractivity (Wildman–Crippen MR) is 102 cm³/mol. The van der Waals surface area contributed by atoms with Gasteiger partial charge in [0, 0.05) is 25.0 Å². The first kappa shape index (κ1) is 19.3. The Labute approximate surface area is 161 Å². The summed E-state index contributed by atoms with van der Waals surface area (Å²) in [7, 11) is -2.42. The van der Waals surface area contributed by atoms with Crippen molar-refractivity contribution in [2.75, 3.05) is 26.0 Å². The van der Waals surface area contributed by atoms with Crippen LogP contribution in [-0.4, -0.2) is 49.6 Å². The minimum absolute atomic E-state index is 0.0515. The van der Waals surface area contributed by atoms with Crippen molar-refractivity contribution in [2.45, 2.75) is 22.8 Å². The molecular weight excluding hydrogens is 392 g/mol. The van der Waals surface area contributed by atoms with E-state index in [0.29, 0.717) is 19.0 Å². The van der Waals surface area contributed by atoms with Gasteiger partial charge in [0.25, 0.3) is 0 Å².